The number of benzene rings is 2. The SMILES string of the molecule is CC(C)(O)C[C@H](NC(=O)OCC1c2ccccc2-c2ccccc21)C(=O)O. The largest absolute Gasteiger partial charge is 0.480 e. The molecule has 0 radical (unpaired) electrons. The molecular weight excluding hydrogens is 346 g/mol. The monoisotopic (exact) mass is 369 g/mol. The summed E-state index contributed by atoms with van der Waals surface area (Å²) in [7, 11) is 0. The van der Waals surface area contributed by atoms with E-state index in [1.54, 1.807) is 0 Å². The topological polar surface area (TPSA) is 95.9 Å². The van der Waals surface area contributed by atoms with E-state index in [2.05, 4.69) is 5.32 Å². The third-order valence-corrected chi connectivity index (χ3v) is 4.64. The molecule has 0 spiro atoms. The fourth-order valence-corrected chi connectivity index (χ4v) is 3.48. The van der Waals surface area contributed by atoms with Gasteiger partial charge in [-0.25, -0.2) is 9.59 Å². The molecule has 2 aromatic rings. The molecule has 0 saturated carbocycles. The normalized spacial score (nSPS) is 14.2. The van der Waals surface area contributed by atoms with Crippen LogP contribution < -0.4 is 5.32 Å². The summed E-state index contributed by atoms with van der Waals surface area (Å²) in [5.41, 5.74) is 3.18. The molecule has 0 bridgehead atoms. The number of carbonyl (C=O) groups excluding carboxylic acids is 1. The van der Waals surface area contributed by atoms with Crippen molar-refractivity contribution >= 4 is 12.1 Å². The van der Waals surface area contributed by atoms with Crippen LogP contribution in [0.15, 0.2) is 48.5 Å². The predicted octanol–water partition coefficient (Wildman–Crippen LogP) is 3.14. The number of amides is 1. The van der Waals surface area contributed by atoms with E-state index < -0.39 is 23.7 Å². The van der Waals surface area contributed by atoms with Crippen molar-refractivity contribution in [3.63, 3.8) is 0 Å². The van der Waals surface area contributed by atoms with E-state index in [9.17, 15) is 19.8 Å². The van der Waals surface area contributed by atoms with Gasteiger partial charge in [-0.15, -0.1) is 0 Å². The van der Waals surface area contributed by atoms with Gasteiger partial charge in [0.25, 0.3) is 0 Å². The second-order valence-corrected chi connectivity index (χ2v) is 7.38. The third-order valence-electron chi connectivity index (χ3n) is 4.64. The Labute approximate surface area is 157 Å². The summed E-state index contributed by atoms with van der Waals surface area (Å²) < 4.78 is 5.34. The fourth-order valence-electron chi connectivity index (χ4n) is 3.48. The number of alkyl carbamates (subject to hydrolysis) is 1. The van der Waals surface area contributed by atoms with Crippen LogP contribution in [0.1, 0.15) is 37.3 Å². The van der Waals surface area contributed by atoms with Gasteiger partial charge in [0.15, 0.2) is 0 Å². The molecule has 1 atom stereocenters. The molecule has 0 heterocycles. The molecule has 3 rings (SSSR count). The van der Waals surface area contributed by atoms with Crippen LogP contribution in [-0.2, 0) is 9.53 Å². The molecule has 0 saturated heterocycles. The maximum atomic E-state index is 12.1. The molecule has 6 nitrogen and oxygen atoms in total. The second-order valence-electron chi connectivity index (χ2n) is 7.38. The number of nitrogens with one attached hydrogen (secondary N) is 1. The number of fused-ring (bicyclic) bond motifs is 3. The lowest BCUT2D eigenvalue weighted by Crippen LogP contribution is -2.45. The first-order valence-corrected chi connectivity index (χ1v) is 8.83. The summed E-state index contributed by atoms with van der Waals surface area (Å²) in [6.45, 7) is 3.08. The Morgan fingerprint density at radius 2 is 1.59 bits per heavy atom. The Kier molecular flexibility index (Phi) is 5.19. The van der Waals surface area contributed by atoms with E-state index in [0.717, 1.165) is 22.3 Å². The molecule has 0 fully saturated rings. The maximum absolute atomic E-state index is 12.1. The van der Waals surface area contributed by atoms with Crippen LogP contribution in [0.25, 0.3) is 11.1 Å². The van der Waals surface area contributed by atoms with E-state index in [-0.39, 0.29) is 18.9 Å². The summed E-state index contributed by atoms with van der Waals surface area (Å²) in [6.07, 6.45) is -0.930. The number of carboxylic acids is 1. The molecule has 142 valence electrons. The van der Waals surface area contributed by atoms with Crippen molar-refractivity contribution in [1.29, 1.82) is 0 Å². The Hall–Kier alpha value is -2.86. The van der Waals surface area contributed by atoms with Crippen LogP contribution in [-0.4, -0.2) is 40.5 Å². The summed E-state index contributed by atoms with van der Waals surface area (Å²) in [5.74, 6) is -1.31. The Balaban J connectivity index is 1.69. The van der Waals surface area contributed by atoms with Gasteiger partial charge in [0, 0.05) is 12.3 Å². The van der Waals surface area contributed by atoms with Crippen molar-refractivity contribution in [2.75, 3.05) is 6.61 Å². The van der Waals surface area contributed by atoms with Crippen molar-refractivity contribution < 1.29 is 24.5 Å². The Bertz CT molecular complexity index is 810. The zero-order chi connectivity index (χ0) is 19.6. The quantitative estimate of drug-likeness (QED) is 0.727. The van der Waals surface area contributed by atoms with E-state index in [0.29, 0.717) is 0 Å². The molecule has 0 aliphatic heterocycles. The summed E-state index contributed by atoms with van der Waals surface area (Å²) in [6, 6.07) is 14.7. The number of hydrogen-bond donors (Lipinski definition) is 3. The highest BCUT2D eigenvalue weighted by Gasteiger charge is 2.31. The van der Waals surface area contributed by atoms with E-state index in [1.165, 1.54) is 13.8 Å². The number of hydrogen-bond acceptors (Lipinski definition) is 4. The number of carbonyl (C=O) groups is 2. The highest BCUT2D eigenvalue weighted by Crippen LogP contribution is 2.44. The smallest absolute Gasteiger partial charge is 0.407 e. The van der Waals surface area contributed by atoms with Crippen LogP contribution in [0.4, 0.5) is 4.79 Å². The van der Waals surface area contributed by atoms with E-state index in [1.807, 2.05) is 48.5 Å². The lowest BCUT2D eigenvalue weighted by Gasteiger charge is -2.23. The molecule has 0 unspecified atom stereocenters. The first-order valence-electron chi connectivity index (χ1n) is 8.83. The lowest BCUT2D eigenvalue weighted by molar-refractivity contribution is -0.141. The molecule has 27 heavy (non-hydrogen) atoms. The first kappa shape index (κ1) is 18.9. The van der Waals surface area contributed by atoms with Gasteiger partial charge in [0.1, 0.15) is 12.6 Å². The van der Waals surface area contributed by atoms with Gasteiger partial charge in [-0.2, -0.15) is 0 Å². The summed E-state index contributed by atoms with van der Waals surface area (Å²) >= 11 is 0. The van der Waals surface area contributed by atoms with Gasteiger partial charge in [-0.05, 0) is 36.1 Å². The van der Waals surface area contributed by atoms with Crippen LogP contribution in [0.2, 0.25) is 0 Å². The summed E-state index contributed by atoms with van der Waals surface area (Å²) in [5, 5.41) is 21.4. The molecule has 1 amide bonds. The van der Waals surface area contributed by atoms with E-state index >= 15 is 0 Å². The van der Waals surface area contributed by atoms with Gasteiger partial charge in [-0.3, -0.25) is 0 Å². The fraction of sp³-hybridized carbons (Fsp3) is 0.333. The third kappa shape index (κ3) is 4.28. The van der Waals surface area contributed by atoms with Crippen molar-refractivity contribution in [2.45, 2.75) is 37.8 Å². The number of carboxylic acid groups (broad SMARTS) is 1. The van der Waals surface area contributed by atoms with Crippen molar-refractivity contribution in [1.82, 2.24) is 5.32 Å². The number of ether oxygens (including phenoxy) is 1. The van der Waals surface area contributed by atoms with Gasteiger partial charge in [0.2, 0.25) is 0 Å². The van der Waals surface area contributed by atoms with E-state index in [4.69, 9.17) is 4.74 Å². The van der Waals surface area contributed by atoms with Crippen LogP contribution >= 0.6 is 0 Å². The van der Waals surface area contributed by atoms with Crippen molar-refractivity contribution in [3.8, 4) is 11.1 Å². The average molecular weight is 369 g/mol. The summed E-state index contributed by atoms with van der Waals surface area (Å²) in [4.78, 5) is 23.5. The number of rotatable bonds is 6. The van der Waals surface area contributed by atoms with Crippen LogP contribution in [0, 0.1) is 0 Å². The van der Waals surface area contributed by atoms with Gasteiger partial charge in [0.05, 0.1) is 5.60 Å². The maximum Gasteiger partial charge on any atom is 0.407 e. The highest BCUT2D eigenvalue weighted by molar-refractivity contribution is 5.81. The Morgan fingerprint density at radius 3 is 2.07 bits per heavy atom. The minimum absolute atomic E-state index is 0.0966. The number of aliphatic carboxylic acids is 1. The molecule has 0 aromatic heterocycles. The average Bonchev–Trinajstić information content (AvgIpc) is 2.92. The molecule has 1 aliphatic carbocycles. The zero-order valence-corrected chi connectivity index (χ0v) is 15.3. The minimum Gasteiger partial charge on any atom is -0.480 e. The molecule has 6 heteroatoms. The lowest BCUT2D eigenvalue weighted by atomic mass is 9.98. The molecule has 2 aromatic carbocycles. The first-order chi connectivity index (χ1) is 12.8. The Morgan fingerprint density at radius 1 is 1.07 bits per heavy atom. The second kappa shape index (κ2) is 7.40. The predicted molar refractivity (Wildman–Crippen MR) is 101 cm³/mol. The molecular formula is C21H23NO5. The standard InChI is InChI=1S/C21H23NO5/c1-21(2,26)11-18(19(23)24)22-20(25)27-12-17-15-9-5-3-7-13(15)14-8-4-6-10-16(14)17/h3-10,17-18,26H,11-12H2,1-2H3,(H,22,25)(H,23,24)/t18-/m0/s1. The molecule has 3 N–H and O–H groups in total. The van der Waals surface area contributed by atoms with Crippen LogP contribution in [0.5, 0.6) is 0 Å². The van der Waals surface area contributed by atoms with Crippen LogP contribution in [0.3, 0.4) is 0 Å². The van der Waals surface area contributed by atoms with Crippen molar-refractivity contribution in [3.05, 3.63) is 59.7 Å². The zero-order valence-electron chi connectivity index (χ0n) is 15.3. The van der Waals surface area contributed by atoms with Gasteiger partial charge >= 0.3 is 12.1 Å². The van der Waals surface area contributed by atoms with Gasteiger partial charge in [-0.1, -0.05) is 48.5 Å². The molecule has 1 aliphatic rings. The minimum atomic E-state index is -1.22. The van der Waals surface area contributed by atoms with Gasteiger partial charge < -0.3 is 20.3 Å². The number of aliphatic hydroxyl groups is 1. The highest BCUT2D eigenvalue weighted by atomic mass is 16.5. The van der Waals surface area contributed by atoms with Crippen molar-refractivity contribution in [2.24, 2.45) is 0 Å².